The van der Waals surface area contributed by atoms with Crippen molar-refractivity contribution in [2.24, 2.45) is 0 Å². The van der Waals surface area contributed by atoms with Crippen molar-refractivity contribution in [1.29, 1.82) is 10.5 Å². The molecule has 6 heteroatoms. The van der Waals surface area contributed by atoms with Crippen LogP contribution in [0.15, 0.2) is 0 Å². The molecule has 0 saturated heterocycles. The molecular formula is C11H7N5O. The molecule has 0 spiro atoms. The number of hydrogen-bond acceptors (Lipinski definition) is 5. The first kappa shape index (κ1) is 10.8. The average molecular weight is 225 g/mol. The number of ketones is 1. The molecule has 6 nitrogen and oxygen atoms in total. The van der Waals surface area contributed by atoms with Gasteiger partial charge in [0.25, 0.3) is 0 Å². The van der Waals surface area contributed by atoms with Gasteiger partial charge >= 0.3 is 0 Å². The van der Waals surface area contributed by atoms with Crippen LogP contribution in [0, 0.1) is 29.6 Å². The van der Waals surface area contributed by atoms with E-state index in [1.807, 2.05) is 0 Å². The molecule has 82 valence electrons. The summed E-state index contributed by atoms with van der Waals surface area (Å²) in [6.45, 7) is 3.14. The zero-order valence-corrected chi connectivity index (χ0v) is 9.20. The standard InChI is InChI=1S/C11H7N5O/c1-5-9(6(2)17)10-11(14-5)16-8(4-13)7(3-12)15-10/h1-2H3,(H,14,16). The molecular weight excluding hydrogens is 218 g/mol. The first-order valence-corrected chi connectivity index (χ1v) is 4.80. The quantitative estimate of drug-likeness (QED) is 0.734. The van der Waals surface area contributed by atoms with Gasteiger partial charge in [-0.2, -0.15) is 10.5 Å². The maximum Gasteiger partial charge on any atom is 0.179 e. The van der Waals surface area contributed by atoms with Crippen LogP contribution in [-0.4, -0.2) is 20.7 Å². The molecule has 0 bridgehead atoms. The van der Waals surface area contributed by atoms with E-state index in [9.17, 15) is 4.79 Å². The number of carbonyl (C=O) groups excluding carboxylic acids is 1. The molecule has 2 rings (SSSR count). The van der Waals surface area contributed by atoms with Gasteiger partial charge in [0.05, 0.1) is 5.56 Å². The van der Waals surface area contributed by atoms with E-state index in [1.54, 1.807) is 19.1 Å². The van der Waals surface area contributed by atoms with Gasteiger partial charge in [-0.05, 0) is 13.8 Å². The second kappa shape index (κ2) is 3.69. The summed E-state index contributed by atoms with van der Waals surface area (Å²) in [7, 11) is 0. The van der Waals surface area contributed by atoms with E-state index in [0.29, 0.717) is 22.4 Å². The van der Waals surface area contributed by atoms with Crippen LogP contribution in [0.5, 0.6) is 0 Å². The topological polar surface area (TPSA) is 106 Å². The number of aryl methyl sites for hydroxylation is 1. The molecule has 17 heavy (non-hydrogen) atoms. The fourth-order valence-electron chi connectivity index (χ4n) is 1.70. The van der Waals surface area contributed by atoms with Crippen LogP contribution in [0.3, 0.4) is 0 Å². The van der Waals surface area contributed by atoms with Gasteiger partial charge in [-0.3, -0.25) is 4.79 Å². The summed E-state index contributed by atoms with van der Waals surface area (Å²) in [4.78, 5) is 22.3. The molecule has 0 amide bonds. The van der Waals surface area contributed by atoms with Gasteiger partial charge in [-0.1, -0.05) is 0 Å². The lowest BCUT2D eigenvalue weighted by Gasteiger charge is -1.95. The van der Waals surface area contributed by atoms with Crippen molar-refractivity contribution in [3.8, 4) is 12.1 Å². The monoisotopic (exact) mass is 225 g/mol. The molecule has 0 aromatic carbocycles. The van der Waals surface area contributed by atoms with Crippen LogP contribution in [-0.2, 0) is 0 Å². The maximum absolute atomic E-state index is 11.5. The van der Waals surface area contributed by atoms with E-state index in [-0.39, 0.29) is 17.2 Å². The van der Waals surface area contributed by atoms with Crippen molar-refractivity contribution < 1.29 is 4.79 Å². The Labute approximate surface area is 96.5 Å². The lowest BCUT2D eigenvalue weighted by atomic mass is 10.1. The minimum Gasteiger partial charge on any atom is -0.341 e. The lowest BCUT2D eigenvalue weighted by molar-refractivity contribution is 0.101. The van der Waals surface area contributed by atoms with Crippen molar-refractivity contribution in [3.05, 3.63) is 22.6 Å². The summed E-state index contributed by atoms with van der Waals surface area (Å²) in [5.41, 5.74) is 1.62. The zero-order valence-electron chi connectivity index (χ0n) is 9.20. The summed E-state index contributed by atoms with van der Waals surface area (Å²) < 4.78 is 0. The summed E-state index contributed by atoms with van der Waals surface area (Å²) in [5, 5.41) is 17.7. The summed E-state index contributed by atoms with van der Waals surface area (Å²) in [5.74, 6) is -0.156. The molecule has 2 aromatic rings. The summed E-state index contributed by atoms with van der Waals surface area (Å²) in [6, 6.07) is 3.59. The van der Waals surface area contributed by atoms with Crippen molar-refractivity contribution >= 4 is 16.9 Å². The number of hydrogen-bond donors (Lipinski definition) is 1. The minimum atomic E-state index is -0.156. The second-order valence-electron chi connectivity index (χ2n) is 3.52. The van der Waals surface area contributed by atoms with E-state index >= 15 is 0 Å². The Kier molecular flexibility index (Phi) is 2.34. The third-order valence-electron chi connectivity index (χ3n) is 2.38. The SMILES string of the molecule is CC(=O)c1c(C)[nH]c2nc(C#N)c(C#N)nc12. The summed E-state index contributed by atoms with van der Waals surface area (Å²) in [6.07, 6.45) is 0. The van der Waals surface area contributed by atoms with Gasteiger partial charge in [-0.15, -0.1) is 0 Å². The number of rotatable bonds is 1. The number of Topliss-reactive ketones (excluding diaryl/α,β-unsaturated/α-hetero) is 1. The molecule has 0 aliphatic heterocycles. The number of aromatic nitrogens is 3. The number of nitrogens with zero attached hydrogens (tertiary/aromatic N) is 4. The van der Waals surface area contributed by atoms with E-state index in [4.69, 9.17) is 10.5 Å². The molecule has 0 saturated carbocycles. The molecule has 0 aliphatic rings. The number of carbonyl (C=O) groups is 1. The molecule has 0 fully saturated rings. The second-order valence-corrected chi connectivity index (χ2v) is 3.52. The highest BCUT2D eigenvalue weighted by molar-refractivity contribution is 6.06. The van der Waals surface area contributed by atoms with Crippen LogP contribution in [0.4, 0.5) is 0 Å². The fraction of sp³-hybridized carbons (Fsp3) is 0.182. The Balaban J connectivity index is 2.91. The van der Waals surface area contributed by atoms with E-state index < -0.39 is 0 Å². The minimum absolute atomic E-state index is 0.0450. The van der Waals surface area contributed by atoms with Gasteiger partial charge in [0.15, 0.2) is 22.8 Å². The highest BCUT2D eigenvalue weighted by Gasteiger charge is 2.17. The van der Waals surface area contributed by atoms with Crippen LogP contribution in [0.25, 0.3) is 11.2 Å². The highest BCUT2D eigenvalue weighted by atomic mass is 16.1. The first-order chi connectivity index (χ1) is 8.08. The van der Waals surface area contributed by atoms with Crippen molar-refractivity contribution in [2.75, 3.05) is 0 Å². The zero-order chi connectivity index (χ0) is 12.6. The molecule has 2 aromatic heterocycles. The van der Waals surface area contributed by atoms with Crippen LogP contribution in [0.2, 0.25) is 0 Å². The van der Waals surface area contributed by atoms with E-state index in [1.165, 1.54) is 6.92 Å². The predicted octanol–water partition coefficient (Wildman–Crippen LogP) is 1.21. The molecule has 2 heterocycles. The van der Waals surface area contributed by atoms with Gasteiger partial charge < -0.3 is 4.98 Å². The molecule has 0 unspecified atom stereocenters. The maximum atomic E-state index is 11.5. The number of fused-ring (bicyclic) bond motifs is 1. The van der Waals surface area contributed by atoms with Crippen LogP contribution < -0.4 is 0 Å². The third kappa shape index (κ3) is 1.52. The number of nitriles is 2. The third-order valence-corrected chi connectivity index (χ3v) is 2.38. The van der Waals surface area contributed by atoms with Crippen LogP contribution in [0.1, 0.15) is 34.4 Å². The smallest absolute Gasteiger partial charge is 0.179 e. The van der Waals surface area contributed by atoms with Gasteiger partial charge in [0.2, 0.25) is 0 Å². The fourth-order valence-corrected chi connectivity index (χ4v) is 1.70. The lowest BCUT2D eigenvalue weighted by Crippen LogP contribution is -1.98. The van der Waals surface area contributed by atoms with Gasteiger partial charge in [-0.25, -0.2) is 9.97 Å². The number of H-pyrrole nitrogens is 1. The largest absolute Gasteiger partial charge is 0.341 e. The van der Waals surface area contributed by atoms with E-state index in [2.05, 4.69) is 15.0 Å². The van der Waals surface area contributed by atoms with Crippen molar-refractivity contribution in [3.63, 3.8) is 0 Å². The van der Waals surface area contributed by atoms with Crippen LogP contribution >= 0.6 is 0 Å². The Morgan fingerprint density at radius 2 is 1.82 bits per heavy atom. The predicted molar refractivity (Wildman–Crippen MR) is 58.1 cm³/mol. The first-order valence-electron chi connectivity index (χ1n) is 4.80. The Morgan fingerprint density at radius 1 is 1.24 bits per heavy atom. The Bertz CT molecular complexity index is 714. The van der Waals surface area contributed by atoms with Crippen molar-refractivity contribution in [2.45, 2.75) is 13.8 Å². The van der Waals surface area contributed by atoms with Gasteiger partial charge in [0.1, 0.15) is 17.7 Å². The van der Waals surface area contributed by atoms with Crippen molar-refractivity contribution in [1.82, 2.24) is 15.0 Å². The Hall–Kier alpha value is -2.73. The molecule has 0 radical (unpaired) electrons. The normalized spacial score (nSPS) is 9.88. The number of nitrogens with one attached hydrogen (secondary N) is 1. The highest BCUT2D eigenvalue weighted by Crippen LogP contribution is 2.20. The number of aromatic amines is 1. The summed E-state index contributed by atoms with van der Waals surface area (Å²) >= 11 is 0. The Morgan fingerprint density at radius 3 is 2.35 bits per heavy atom. The van der Waals surface area contributed by atoms with Gasteiger partial charge in [0, 0.05) is 5.69 Å². The van der Waals surface area contributed by atoms with E-state index in [0.717, 1.165) is 0 Å². The average Bonchev–Trinajstić information content (AvgIpc) is 2.61. The molecule has 0 atom stereocenters. The molecule has 0 aliphatic carbocycles. The molecule has 1 N–H and O–H groups in total.